The summed E-state index contributed by atoms with van der Waals surface area (Å²) in [5, 5.41) is 7.71. The summed E-state index contributed by atoms with van der Waals surface area (Å²) < 4.78 is 34.6. The van der Waals surface area contributed by atoms with Gasteiger partial charge < -0.3 is 10.1 Å². The topological polar surface area (TPSA) is 69.0 Å². The lowest BCUT2D eigenvalue weighted by atomic mass is 10.2. The van der Waals surface area contributed by atoms with Gasteiger partial charge in [0.05, 0.1) is 18.8 Å². The largest absolute Gasteiger partial charge is 0.488 e. The van der Waals surface area contributed by atoms with E-state index >= 15 is 0 Å². The molecule has 2 aromatic carbocycles. The number of hydrogen-bond donors (Lipinski definition) is 1. The third-order valence-electron chi connectivity index (χ3n) is 5.11. The number of carbonyl (C=O) groups excluding carboxylic acids is 1. The average molecular weight is 483 g/mol. The molecular weight excluding hydrogens is 462 g/mol. The van der Waals surface area contributed by atoms with Crippen molar-refractivity contribution in [1.29, 1.82) is 0 Å². The van der Waals surface area contributed by atoms with Gasteiger partial charge >= 0.3 is 0 Å². The van der Waals surface area contributed by atoms with Gasteiger partial charge in [-0.15, -0.1) is 0 Å². The zero-order valence-corrected chi connectivity index (χ0v) is 19.0. The summed E-state index contributed by atoms with van der Waals surface area (Å²) in [6, 6.07) is 15.6. The maximum atomic E-state index is 14.0. The van der Waals surface area contributed by atoms with E-state index in [4.69, 9.17) is 16.3 Å². The zero-order chi connectivity index (χ0) is 24.1. The Balaban J connectivity index is 1.47. The Kier molecular flexibility index (Phi) is 7.18. The highest BCUT2D eigenvalue weighted by Crippen LogP contribution is 2.26. The van der Waals surface area contributed by atoms with Crippen molar-refractivity contribution in [1.82, 2.24) is 20.1 Å². The van der Waals surface area contributed by atoms with Crippen molar-refractivity contribution in [3.05, 3.63) is 112 Å². The van der Waals surface area contributed by atoms with Gasteiger partial charge in [0, 0.05) is 34.1 Å². The van der Waals surface area contributed by atoms with E-state index in [1.54, 1.807) is 41.2 Å². The summed E-state index contributed by atoms with van der Waals surface area (Å²) in [6.07, 6.45) is 1.66. The molecular formula is C25H21ClF2N4O2. The Bertz CT molecular complexity index is 1310. The summed E-state index contributed by atoms with van der Waals surface area (Å²) >= 11 is 6.18. The highest BCUT2D eigenvalue weighted by Gasteiger charge is 2.15. The lowest BCUT2D eigenvalue weighted by molar-refractivity contribution is 0.0944. The summed E-state index contributed by atoms with van der Waals surface area (Å²) in [4.78, 5) is 16.7. The third-order valence-corrected chi connectivity index (χ3v) is 5.35. The minimum Gasteiger partial charge on any atom is -0.488 e. The van der Waals surface area contributed by atoms with Crippen molar-refractivity contribution < 1.29 is 18.3 Å². The fourth-order valence-electron chi connectivity index (χ4n) is 3.31. The monoisotopic (exact) mass is 482 g/mol. The molecule has 0 radical (unpaired) electrons. The van der Waals surface area contributed by atoms with Gasteiger partial charge in [-0.3, -0.25) is 14.5 Å². The molecule has 0 saturated carbocycles. The van der Waals surface area contributed by atoms with E-state index in [1.165, 1.54) is 12.1 Å². The predicted octanol–water partition coefficient (Wildman–Crippen LogP) is 5.08. The number of carbonyl (C=O) groups is 1. The van der Waals surface area contributed by atoms with Crippen LogP contribution in [0.15, 0.2) is 66.9 Å². The number of amides is 1. The van der Waals surface area contributed by atoms with Crippen LogP contribution in [0.5, 0.6) is 5.75 Å². The molecule has 34 heavy (non-hydrogen) atoms. The molecule has 0 spiro atoms. The fraction of sp³-hybridized carbons (Fsp3) is 0.160. The van der Waals surface area contributed by atoms with E-state index in [0.29, 0.717) is 16.3 Å². The minimum absolute atomic E-state index is 0.0833. The molecule has 9 heteroatoms. The first kappa shape index (κ1) is 23.4. The van der Waals surface area contributed by atoms with Gasteiger partial charge in [0.15, 0.2) is 0 Å². The normalized spacial score (nSPS) is 10.8. The van der Waals surface area contributed by atoms with Crippen LogP contribution in [0.4, 0.5) is 8.78 Å². The first-order chi connectivity index (χ1) is 16.4. The number of aromatic nitrogens is 3. The molecule has 0 saturated heterocycles. The van der Waals surface area contributed by atoms with Gasteiger partial charge in [0.25, 0.3) is 5.91 Å². The molecule has 0 bridgehead atoms. The quantitative estimate of drug-likeness (QED) is 0.380. The molecule has 2 heterocycles. The van der Waals surface area contributed by atoms with Crippen LogP contribution in [0.2, 0.25) is 5.02 Å². The molecule has 1 amide bonds. The second kappa shape index (κ2) is 10.4. The van der Waals surface area contributed by atoms with Crippen LogP contribution >= 0.6 is 11.6 Å². The second-order valence-electron chi connectivity index (χ2n) is 7.61. The van der Waals surface area contributed by atoms with E-state index in [9.17, 15) is 13.6 Å². The molecule has 4 aromatic rings. The van der Waals surface area contributed by atoms with E-state index in [0.717, 1.165) is 17.5 Å². The van der Waals surface area contributed by atoms with Gasteiger partial charge in [0.2, 0.25) is 0 Å². The first-order valence-corrected chi connectivity index (χ1v) is 10.8. The van der Waals surface area contributed by atoms with Crippen molar-refractivity contribution in [2.45, 2.75) is 26.6 Å². The highest BCUT2D eigenvalue weighted by atomic mass is 35.5. The molecule has 0 aliphatic rings. The Morgan fingerprint density at radius 3 is 2.71 bits per heavy atom. The van der Waals surface area contributed by atoms with Crippen molar-refractivity contribution in [2.75, 3.05) is 0 Å². The second-order valence-corrected chi connectivity index (χ2v) is 8.05. The first-order valence-electron chi connectivity index (χ1n) is 10.5. The van der Waals surface area contributed by atoms with Gasteiger partial charge in [0.1, 0.15) is 29.7 Å². The molecule has 6 nitrogen and oxygen atoms in total. The maximum absolute atomic E-state index is 14.0. The Hall–Kier alpha value is -3.78. The standard InChI is InChI=1S/C25H21ClF2N4O2/c1-16-10-23(25(33)30-13-21-4-2-3-9-29-21)31-32(16)14-18-11-19(26)6-8-24(18)34-15-17-5-7-20(27)12-22(17)28/h2-12H,13-15H2,1H3,(H,30,33). The van der Waals surface area contributed by atoms with Crippen molar-refractivity contribution in [3.8, 4) is 5.75 Å². The fourth-order valence-corrected chi connectivity index (χ4v) is 3.51. The molecule has 4 rings (SSSR count). The van der Waals surface area contributed by atoms with Crippen molar-refractivity contribution in [3.63, 3.8) is 0 Å². The van der Waals surface area contributed by atoms with Crippen LogP contribution in [0.3, 0.4) is 0 Å². The molecule has 0 atom stereocenters. The number of halogens is 3. The van der Waals surface area contributed by atoms with Crippen LogP contribution in [0.25, 0.3) is 0 Å². The number of pyridine rings is 1. The molecule has 2 aromatic heterocycles. The lowest BCUT2D eigenvalue weighted by Gasteiger charge is -2.13. The number of ether oxygens (including phenoxy) is 1. The number of nitrogens with one attached hydrogen (secondary N) is 1. The number of nitrogens with zero attached hydrogens (tertiary/aromatic N) is 3. The van der Waals surface area contributed by atoms with Crippen LogP contribution < -0.4 is 10.1 Å². The van der Waals surface area contributed by atoms with E-state index in [-0.39, 0.29) is 36.9 Å². The highest BCUT2D eigenvalue weighted by molar-refractivity contribution is 6.30. The van der Waals surface area contributed by atoms with Crippen LogP contribution in [0, 0.1) is 18.6 Å². The minimum atomic E-state index is -0.681. The van der Waals surface area contributed by atoms with E-state index < -0.39 is 11.6 Å². The number of benzene rings is 2. The molecule has 0 unspecified atom stereocenters. The Morgan fingerprint density at radius 2 is 1.94 bits per heavy atom. The van der Waals surface area contributed by atoms with Gasteiger partial charge in [-0.1, -0.05) is 17.7 Å². The zero-order valence-electron chi connectivity index (χ0n) is 18.3. The third kappa shape index (κ3) is 5.77. The molecule has 174 valence electrons. The van der Waals surface area contributed by atoms with Crippen molar-refractivity contribution in [2.24, 2.45) is 0 Å². The number of hydrogen-bond acceptors (Lipinski definition) is 4. The summed E-state index contributed by atoms with van der Waals surface area (Å²) in [5.41, 5.74) is 2.70. The summed E-state index contributed by atoms with van der Waals surface area (Å²) in [5.74, 6) is -1.17. The summed E-state index contributed by atoms with van der Waals surface area (Å²) in [6.45, 7) is 2.32. The van der Waals surface area contributed by atoms with Gasteiger partial charge in [-0.25, -0.2) is 8.78 Å². The van der Waals surface area contributed by atoms with Crippen LogP contribution in [-0.4, -0.2) is 20.7 Å². The Labute approximate surface area is 200 Å². The molecule has 0 aliphatic carbocycles. The molecule has 1 N–H and O–H groups in total. The van der Waals surface area contributed by atoms with Crippen LogP contribution in [0.1, 0.15) is 33.0 Å². The maximum Gasteiger partial charge on any atom is 0.272 e. The molecule has 0 aliphatic heterocycles. The van der Waals surface area contributed by atoms with Crippen molar-refractivity contribution >= 4 is 17.5 Å². The SMILES string of the molecule is Cc1cc(C(=O)NCc2ccccn2)nn1Cc1cc(Cl)ccc1OCc1ccc(F)cc1F. The Morgan fingerprint density at radius 1 is 1.09 bits per heavy atom. The smallest absolute Gasteiger partial charge is 0.272 e. The molecule has 0 fully saturated rings. The number of aryl methyl sites for hydroxylation is 1. The van der Waals surface area contributed by atoms with E-state index in [2.05, 4.69) is 15.4 Å². The van der Waals surface area contributed by atoms with Gasteiger partial charge in [-0.05, 0) is 55.5 Å². The average Bonchev–Trinajstić information content (AvgIpc) is 3.19. The van der Waals surface area contributed by atoms with Gasteiger partial charge in [-0.2, -0.15) is 5.10 Å². The number of rotatable bonds is 8. The summed E-state index contributed by atoms with van der Waals surface area (Å²) in [7, 11) is 0. The van der Waals surface area contributed by atoms with Crippen LogP contribution in [-0.2, 0) is 19.7 Å². The van der Waals surface area contributed by atoms with E-state index in [1.807, 2.05) is 19.1 Å². The lowest BCUT2D eigenvalue weighted by Crippen LogP contribution is -2.24. The predicted molar refractivity (Wildman–Crippen MR) is 124 cm³/mol.